The first-order valence-electron chi connectivity index (χ1n) is 11.2. The minimum absolute atomic E-state index is 0.0413. The molecule has 176 valence electrons. The van der Waals surface area contributed by atoms with Crippen molar-refractivity contribution in [1.82, 2.24) is 10.5 Å². The summed E-state index contributed by atoms with van der Waals surface area (Å²) >= 11 is 1.69. The van der Waals surface area contributed by atoms with Crippen molar-refractivity contribution >= 4 is 17.2 Å². The van der Waals surface area contributed by atoms with E-state index in [9.17, 15) is 0 Å². The van der Waals surface area contributed by atoms with Crippen LogP contribution in [0.15, 0.2) is 48.5 Å². The van der Waals surface area contributed by atoms with E-state index in [0.717, 1.165) is 47.0 Å². The smallest absolute Gasteiger partial charge is 0.149 e. The van der Waals surface area contributed by atoms with E-state index in [2.05, 4.69) is 26.0 Å². The van der Waals surface area contributed by atoms with Gasteiger partial charge < -0.3 is 15.2 Å². The van der Waals surface area contributed by atoms with Crippen LogP contribution in [0.4, 0.5) is 0 Å². The number of aromatic nitrogens is 1. The fraction of sp³-hybridized carbons (Fsp3) is 0.360. The zero-order chi connectivity index (χ0) is 23.6. The first-order valence-corrected chi connectivity index (χ1v) is 12.0. The van der Waals surface area contributed by atoms with E-state index in [4.69, 9.17) is 30.8 Å². The molecular weight excluding hydrogens is 436 g/mol. The maximum absolute atomic E-state index is 8.75. The fourth-order valence-corrected chi connectivity index (χ4v) is 4.29. The number of rotatable bonds is 12. The second-order valence-corrected chi connectivity index (χ2v) is 9.09. The standard InChI is InChI=1S/C25H32N4O3S/c1-17(2)24-23(28-22(16-26)33-24)18-6-10-20(11-7-18)31-14-4-3-5-15-32-21-12-8-19(9-13-21)25(27)29-30/h6-13,17,30H,3-5,14-16,26H2,1-2H3,(H2,27,29). The van der Waals surface area contributed by atoms with Gasteiger partial charge in [-0.1, -0.05) is 13.8 Å². The average molecular weight is 469 g/mol. The van der Waals surface area contributed by atoms with Crippen molar-refractivity contribution in [3.8, 4) is 22.8 Å². The minimum Gasteiger partial charge on any atom is -0.494 e. The van der Waals surface area contributed by atoms with Crippen LogP contribution >= 0.6 is 11.3 Å². The number of nitrogens with two attached hydrogens (primary N) is 1. The number of hydrogen-bond acceptors (Lipinski definition) is 7. The van der Waals surface area contributed by atoms with Gasteiger partial charge in [-0.3, -0.25) is 16.1 Å². The van der Waals surface area contributed by atoms with Gasteiger partial charge in [-0.15, -0.1) is 11.3 Å². The Bertz CT molecular complexity index is 1020. The molecular formula is C25H32N4O3S. The molecule has 0 unspecified atom stereocenters. The second kappa shape index (κ2) is 12.3. The molecule has 33 heavy (non-hydrogen) atoms. The Labute approximate surface area is 199 Å². The summed E-state index contributed by atoms with van der Waals surface area (Å²) in [6.45, 7) is 6.12. The highest BCUT2D eigenvalue weighted by atomic mass is 32.1. The predicted octanol–water partition coefficient (Wildman–Crippen LogP) is 5.32. The summed E-state index contributed by atoms with van der Waals surface area (Å²) < 4.78 is 11.6. The molecule has 0 radical (unpaired) electrons. The second-order valence-electron chi connectivity index (χ2n) is 7.97. The van der Waals surface area contributed by atoms with E-state index >= 15 is 0 Å². The molecule has 1 aromatic heterocycles. The van der Waals surface area contributed by atoms with Gasteiger partial charge in [-0.25, -0.2) is 4.98 Å². The van der Waals surface area contributed by atoms with Crippen molar-refractivity contribution in [2.75, 3.05) is 13.2 Å². The van der Waals surface area contributed by atoms with E-state index in [1.807, 2.05) is 17.6 Å². The Morgan fingerprint density at radius 2 is 1.58 bits per heavy atom. The van der Waals surface area contributed by atoms with Crippen molar-refractivity contribution in [3.63, 3.8) is 0 Å². The highest BCUT2D eigenvalue weighted by molar-refractivity contribution is 7.12. The van der Waals surface area contributed by atoms with E-state index in [-0.39, 0.29) is 5.84 Å². The number of nitrogens with one attached hydrogen (secondary N) is 2. The molecule has 3 rings (SSSR count). The Morgan fingerprint density at radius 1 is 1.00 bits per heavy atom. The van der Waals surface area contributed by atoms with Gasteiger partial charge in [-0.2, -0.15) is 0 Å². The zero-order valence-electron chi connectivity index (χ0n) is 19.1. The lowest BCUT2D eigenvalue weighted by molar-refractivity contribution is 0.234. The average Bonchev–Trinajstić information content (AvgIpc) is 3.29. The molecule has 0 aliphatic rings. The molecule has 0 amide bonds. The van der Waals surface area contributed by atoms with E-state index in [1.165, 1.54) is 4.88 Å². The summed E-state index contributed by atoms with van der Waals surface area (Å²) in [5.74, 6) is 1.98. The van der Waals surface area contributed by atoms with Crippen molar-refractivity contribution in [2.45, 2.75) is 45.6 Å². The van der Waals surface area contributed by atoms with Crippen LogP contribution < -0.4 is 20.7 Å². The third kappa shape index (κ3) is 7.02. The number of ether oxygens (including phenoxy) is 2. The van der Waals surface area contributed by atoms with Crippen LogP contribution in [0.5, 0.6) is 11.5 Å². The number of hydrogen-bond donors (Lipinski definition) is 4. The van der Waals surface area contributed by atoms with Crippen LogP contribution in [-0.4, -0.2) is 29.2 Å². The zero-order valence-corrected chi connectivity index (χ0v) is 20.0. The molecule has 0 saturated heterocycles. The SMILES string of the molecule is CC(C)c1sc(CN)nc1-c1ccc(OCCCCCOc2ccc(C(=N)NO)cc2)cc1. The van der Waals surface area contributed by atoms with Crippen molar-refractivity contribution < 1.29 is 14.7 Å². The Morgan fingerprint density at radius 3 is 2.09 bits per heavy atom. The fourth-order valence-electron chi connectivity index (χ4n) is 3.32. The van der Waals surface area contributed by atoms with Gasteiger partial charge in [0, 0.05) is 22.5 Å². The van der Waals surface area contributed by atoms with E-state index < -0.39 is 0 Å². The van der Waals surface area contributed by atoms with E-state index in [1.54, 1.807) is 35.6 Å². The van der Waals surface area contributed by atoms with Gasteiger partial charge in [0.05, 0.1) is 18.9 Å². The Kier molecular flexibility index (Phi) is 9.24. The number of hydroxylamine groups is 1. The molecule has 3 aromatic rings. The van der Waals surface area contributed by atoms with Gasteiger partial charge in [0.15, 0.2) is 0 Å². The summed E-state index contributed by atoms with van der Waals surface area (Å²) in [5.41, 5.74) is 10.3. The Hall–Kier alpha value is -2.94. The molecule has 0 fully saturated rings. The topological polar surface area (TPSA) is 113 Å². The van der Waals surface area contributed by atoms with Gasteiger partial charge in [-0.05, 0) is 73.7 Å². The molecule has 0 saturated carbocycles. The monoisotopic (exact) mass is 468 g/mol. The molecule has 7 nitrogen and oxygen atoms in total. The number of benzene rings is 2. The van der Waals surface area contributed by atoms with Crippen LogP contribution in [0.2, 0.25) is 0 Å². The van der Waals surface area contributed by atoms with Crippen LogP contribution in [0.3, 0.4) is 0 Å². The lowest BCUT2D eigenvalue weighted by Crippen LogP contribution is -2.18. The van der Waals surface area contributed by atoms with Crippen LogP contribution in [-0.2, 0) is 6.54 Å². The highest BCUT2D eigenvalue weighted by Crippen LogP contribution is 2.34. The van der Waals surface area contributed by atoms with Gasteiger partial charge in [0.2, 0.25) is 0 Å². The van der Waals surface area contributed by atoms with Crippen LogP contribution in [0, 0.1) is 5.41 Å². The quantitative estimate of drug-likeness (QED) is 0.124. The van der Waals surface area contributed by atoms with Crippen molar-refractivity contribution in [1.29, 1.82) is 5.41 Å². The molecule has 1 heterocycles. The summed E-state index contributed by atoms with van der Waals surface area (Å²) in [6, 6.07) is 15.2. The number of thiazole rings is 1. The third-order valence-corrected chi connectivity index (χ3v) is 6.48. The molecule has 0 bridgehead atoms. The lowest BCUT2D eigenvalue weighted by atomic mass is 10.1. The largest absolute Gasteiger partial charge is 0.494 e. The molecule has 5 N–H and O–H groups in total. The number of nitrogens with zero attached hydrogens (tertiary/aromatic N) is 1. The molecule has 0 atom stereocenters. The van der Waals surface area contributed by atoms with Gasteiger partial charge in [0.1, 0.15) is 22.3 Å². The number of unbranched alkanes of at least 4 members (excludes halogenated alkanes) is 2. The normalized spacial score (nSPS) is 10.9. The molecule has 8 heteroatoms. The van der Waals surface area contributed by atoms with Crippen molar-refractivity contribution in [2.24, 2.45) is 5.73 Å². The predicted molar refractivity (Wildman–Crippen MR) is 133 cm³/mol. The molecule has 0 aliphatic heterocycles. The first kappa shape index (κ1) is 24.7. The minimum atomic E-state index is -0.0413. The summed E-state index contributed by atoms with van der Waals surface area (Å²) in [7, 11) is 0. The lowest BCUT2D eigenvalue weighted by Gasteiger charge is -2.09. The summed E-state index contributed by atoms with van der Waals surface area (Å²) in [4.78, 5) is 5.98. The molecule has 0 aliphatic carbocycles. The van der Waals surface area contributed by atoms with Crippen molar-refractivity contribution in [3.05, 3.63) is 64.0 Å². The maximum atomic E-state index is 8.75. The van der Waals surface area contributed by atoms with E-state index in [0.29, 0.717) is 31.2 Å². The van der Waals surface area contributed by atoms with Crippen LogP contribution in [0.25, 0.3) is 11.3 Å². The van der Waals surface area contributed by atoms with Gasteiger partial charge in [0.25, 0.3) is 0 Å². The number of amidine groups is 1. The highest BCUT2D eigenvalue weighted by Gasteiger charge is 2.15. The van der Waals surface area contributed by atoms with Crippen LogP contribution in [0.1, 0.15) is 54.5 Å². The summed E-state index contributed by atoms with van der Waals surface area (Å²) in [6.07, 6.45) is 2.89. The first-order chi connectivity index (χ1) is 16.0. The van der Waals surface area contributed by atoms with Gasteiger partial charge >= 0.3 is 0 Å². The Balaban J connectivity index is 1.37. The maximum Gasteiger partial charge on any atom is 0.149 e. The third-order valence-electron chi connectivity index (χ3n) is 5.11. The molecule has 2 aromatic carbocycles. The molecule has 0 spiro atoms. The summed E-state index contributed by atoms with van der Waals surface area (Å²) in [5, 5.41) is 17.2.